The Labute approximate surface area is 868 Å². The molecule has 5 N–H and O–H groups in total. The molecule has 7 atom stereocenters. The first-order valence-corrected chi connectivity index (χ1v) is 46.2. The summed E-state index contributed by atoms with van der Waals surface area (Å²) < 4.78 is 164. The van der Waals surface area contributed by atoms with E-state index in [9.17, 15) is 57.9 Å². The van der Waals surface area contributed by atoms with Crippen molar-refractivity contribution in [2.45, 2.75) is 66.6 Å². The molecule has 2 amide bonds. The second kappa shape index (κ2) is 59.9. The average molecular weight is 2460 g/mol. The number of amides is 2. The number of nitrogens with zero attached hydrogens (tertiary/aromatic N) is 21. The van der Waals surface area contributed by atoms with Crippen molar-refractivity contribution in [2.24, 2.45) is 0 Å². The van der Waals surface area contributed by atoms with Crippen LogP contribution in [0.5, 0.6) is 0 Å². The van der Waals surface area contributed by atoms with E-state index in [4.69, 9.17) is 110 Å². The minimum absolute atomic E-state index is 0. The molecule has 30 nitrogen and oxygen atoms in total. The van der Waals surface area contributed by atoms with Gasteiger partial charge in [-0.05, 0) is 235 Å². The Hall–Kier alpha value is -9.65. The van der Waals surface area contributed by atoms with Gasteiger partial charge >= 0.3 is 19.9 Å². The summed E-state index contributed by atoms with van der Waals surface area (Å²) in [5.41, 5.74) is 2.36. The number of carbonyl (C=O) groups is 2. The number of hydrogen-bond donors (Lipinski definition) is 5. The standard InChI is InChI=1S/C11H7F2N4P.C11H6FN4P.C10H7ClF2N3P.C10H12ClFIN2O2P.C10H6ClFN3P.C10H13ClFN2O2P.C5H2BrClFN.C5H4ClFIN2P.C5H4FN.2C2H3N.BH2O2/c12-10-7(4-14)16-5-8(17-18)9(10)6-2-1-3-15-11(6)13;12-10-7(4-13)15-5-8-9(10)6-2-1-3-14-11(6)16(8)17;11-9-8(12)7(6(16-17)4-15-9)5-2-1-3-14-10(5)13;1-10(2,3)17-9(16)15(18)5-4-14-8(11)6(12)7(5)13;11-9-8(12)7-5-2-1-3-13-10(5)15(16)6(7)4-14-9;1-10(2,3)16-9(15)14(17)6-4-7(12)8(11)13-5-6;6-3-1-4(8)5(7)9-2-3;6-5-3(7)4(8)2(10-11)1-9-5;6-5-3-1-2-4-7-5;2*1-2-3;2-1-3/h1-3,5,17H,18H2;1-3,5H,17H2;1-4,16H,17H2;4H,18H2,1-3H3;1-4H,16H2;4-5H,17H2,1-3H3;1-2H;1,10H,11H2;1-4H;2*1H3;2-3H. The second-order valence-corrected chi connectivity index (χ2v) is 35.1. The Morgan fingerprint density at radius 1 is 0.460 bits per heavy atom. The molecule has 15 heterocycles. The number of rotatable bonds is 7. The zero-order valence-corrected chi connectivity index (χ0v) is 90.6. The van der Waals surface area contributed by atoms with Gasteiger partial charge in [-0.25, -0.2) is 110 Å². The molecule has 0 saturated carbocycles. The lowest BCUT2D eigenvalue weighted by Crippen LogP contribution is -2.31. The van der Waals surface area contributed by atoms with Crippen LogP contribution in [0.2, 0.25) is 30.9 Å². The molecule has 15 aromatic rings. The van der Waals surface area contributed by atoms with Crippen LogP contribution in [0.15, 0.2) is 164 Å². The van der Waals surface area contributed by atoms with E-state index in [1.54, 1.807) is 140 Å². The second-order valence-electron chi connectivity index (χ2n) is 27.0. The van der Waals surface area contributed by atoms with Crippen molar-refractivity contribution in [2.75, 3.05) is 24.6 Å². The van der Waals surface area contributed by atoms with Crippen molar-refractivity contribution in [1.82, 2.24) is 73.5 Å². The van der Waals surface area contributed by atoms with Gasteiger partial charge in [-0.2, -0.15) is 34.2 Å². The quantitative estimate of drug-likeness (QED) is 0.0325. The minimum Gasteiger partial charge on any atom is -0.443 e. The van der Waals surface area contributed by atoms with Crippen LogP contribution in [-0.2, 0) is 9.47 Å². The number of ether oxygens (including phenoxy) is 2. The van der Waals surface area contributed by atoms with Gasteiger partial charge in [-0.3, -0.25) is 9.34 Å². The van der Waals surface area contributed by atoms with Gasteiger partial charge in [-0.15, -0.1) is 0 Å². The molecule has 0 aromatic carbocycles. The molecule has 0 aliphatic carbocycles. The topological polar surface area (TPSA) is 408 Å². The molecule has 0 aliphatic rings. The van der Waals surface area contributed by atoms with Gasteiger partial charge < -0.3 is 43.5 Å². The lowest BCUT2D eigenvalue weighted by molar-refractivity contribution is 0.0600. The number of anilines is 5. The van der Waals surface area contributed by atoms with Crippen LogP contribution >= 0.6 is 196 Å². The van der Waals surface area contributed by atoms with Crippen LogP contribution in [0.1, 0.15) is 66.8 Å². The fourth-order valence-corrected chi connectivity index (χ4v) is 14.9. The smallest absolute Gasteiger partial charge is 0.443 e. The van der Waals surface area contributed by atoms with Gasteiger partial charge in [0.25, 0.3) is 0 Å². The Kier molecular flexibility index (Phi) is 52.5. The highest BCUT2D eigenvalue weighted by atomic mass is 127. The van der Waals surface area contributed by atoms with Crippen LogP contribution in [-0.4, -0.2) is 115 Å². The summed E-state index contributed by atoms with van der Waals surface area (Å²) in [7, 11) is 15.9. The summed E-state index contributed by atoms with van der Waals surface area (Å²) in [6.45, 7) is 13.3. The highest BCUT2D eigenvalue weighted by molar-refractivity contribution is 14.1. The van der Waals surface area contributed by atoms with E-state index in [-0.39, 0.29) is 87.2 Å². The van der Waals surface area contributed by atoms with E-state index in [0.29, 0.717) is 57.9 Å². The lowest BCUT2D eigenvalue weighted by atomic mass is 10.1. The van der Waals surface area contributed by atoms with E-state index in [2.05, 4.69) is 162 Å². The van der Waals surface area contributed by atoms with Crippen molar-refractivity contribution in [1.29, 1.82) is 21.0 Å². The van der Waals surface area contributed by atoms with Crippen molar-refractivity contribution in [3.8, 4) is 46.5 Å². The number of fused-ring (bicyclic) bond motifs is 6. The summed E-state index contributed by atoms with van der Waals surface area (Å²) in [5, 5.41) is 55.3. The van der Waals surface area contributed by atoms with Crippen LogP contribution in [0.3, 0.4) is 0 Å². The normalized spacial score (nSPS) is 10.1. The van der Waals surface area contributed by atoms with E-state index in [0.717, 1.165) is 20.8 Å². The molecule has 15 rings (SSSR count). The Morgan fingerprint density at radius 3 is 1.25 bits per heavy atom. The molecule has 0 aliphatic heterocycles. The van der Waals surface area contributed by atoms with Gasteiger partial charge in [0.05, 0.1) is 119 Å². The first-order chi connectivity index (χ1) is 65.6. The largest absolute Gasteiger partial charge is 0.482 e. The number of hydrogen-bond acceptors (Lipinski definition) is 26. The maximum absolute atomic E-state index is 14.1. The van der Waals surface area contributed by atoms with E-state index in [1.165, 1.54) is 118 Å². The van der Waals surface area contributed by atoms with Gasteiger partial charge in [0, 0.05) is 88.9 Å². The molecule has 0 bridgehead atoms. The fourth-order valence-electron chi connectivity index (χ4n) is 9.86. The van der Waals surface area contributed by atoms with Gasteiger partial charge in [0.2, 0.25) is 17.8 Å². The molecule has 15 aromatic heterocycles. The fraction of sp³-hybridized carbons (Fsp3) is 0.123. The number of nitrogens with one attached hydrogen (secondary N) is 3. The molecule has 0 spiro atoms. The molecule has 0 saturated heterocycles. The molecular weight excluding hydrogens is 2390 g/mol. The Bertz CT molecular complexity index is 6960. The van der Waals surface area contributed by atoms with Gasteiger partial charge in [-0.1, -0.05) is 75.7 Å². The highest BCUT2D eigenvalue weighted by Crippen LogP contribution is 2.39. The Balaban J connectivity index is 0.000000326. The van der Waals surface area contributed by atoms with E-state index in [1.807, 2.05) is 28.7 Å². The SMILES string of the molecule is CC#N.CC#N.CC(C)(C)OC(=O)N(P)c1cnc(Cl)c(F)c1.CC(C)(C)OC(=O)N(P)c1cnc(Cl)c(F)c1I.Fc1c(Cl)ncc(NP)c1I.Fc1c(Cl)ncc2c1c1cccnc1n2P.Fc1cc(Br)cnc1Cl.Fc1ccccn1.Fc1ncccc1-c1c(NP)cnc(Cl)c1F.N#Cc1ncc(NP)c(-c2cccnc2F)c1F.N#Cc1ncc2c(c1F)c1cccnc1n2P.O[B]O. The Morgan fingerprint density at radius 2 is 0.827 bits per heavy atom. The molecule has 58 heteroatoms. The molecule has 727 valence electrons. The van der Waals surface area contributed by atoms with Crippen LogP contribution in [0.25, 0.3) is 66.1 Å². The van der Waals surface area contributed by atoms with Crippen LogP contribution in [0.4, 0.5) is 86.3 Å². The summed E-state index contributed by atoms with van der Waals surface area (Å²) in [4.78, 5) is 71.3. The third-order valence-electron chi connectivity index (χ3n) is 15.5. The number of carbonyl (C=O) groups excluding carboxylic acids is 2. The summed E-state index contributed by atoms with van der Waals surface area (Å²) in [6, 6.07) is 26.7. The van der Waals surface area contributed by atoms with Gasteiger partial charge in [0.1, 0.15) is 34.6 Å². The minimum atomic E-state index is -0.878. The van der Waals surface area contributed by atoms with E-state index >= 15 is 0 Å². The summed E-state index contributed by atoms with van der Waals surface area (Å²) >= 11 is 39.6. The average Bonchev–Trinajstić information content (AvgIpc) is 1.61. The monoisotopic (exact) mass is 2450 g/mol. The van der Waals surface area contributed by atoms with Crippen molar-refractivity contribution >= 4 is 289 Å². The van der Waals surface area contributed by atoms with Crippen molar-refractivity contribution in [3.05, 3.63) is 278 Å². The molecule has 139 heavy (non-hydrogen) atoms. The predicted molar refractivity (Wildman–Crippen MR) is 558 cm³/mol. The number of nitriles is 4. The molecular formula is C81H69BBrCl6F11I2N24O6P7. The molecule has 0 fully saturated rings. The maximum atomic E-state index is 14.1. The lowest BCUT2D eigenvalue weighted by Gasteiger charge is -2.24. The van der Waals surface area contributed by atoms with Crippen LogP contribution in [0, 0.1) is 117 Å². The van der Waals surface area contributed by atoms with Crippen LogP contribution < -0.4 is 24.6 Å². The third-order valence-corrected chi connectivity index (χ3v) is 22.6. The predicted octanol–water partition coefficient (Wildman–Crippen LogP) is 24.5. The number of aromatic nitrogens is 15. The van der Waals surface area contributed by atoms with Crippen molar-refractivity contribution in [3.63, 3.8) is 0 Å². The molecule has 1 radical (unpaired) electrons. The maximum Gasteiger partial charge on any atom is 0.482 e. The first-order valence-electron chi connectivity index (χ1n) is 37.2. The van der Waals surface area contributed by atoms with Crippen molar-refractivity contribution < 1.29 is 77.4 Å². The first kappa shape index (κ1) is 122. The van der Waals surface area contributed by atoms with Gasteiger partial charge in [0.15, 0.2) is 88.8 Å². The third kappa shape index (κ3) is 36.1. The zero-order valence-electron chi connectivity index (χ0n) is 72.1. The highest BCUT2D eigenvalue weighted by Gasteiger charge is 2.28. The number of halogens is 20. The molecule has 7 unspecified atom stereocenters. The number of pyridine rings is 13. The summed E-state index contributed by atoms with van der Waals surface area (Å²) in [6.07, 6.45) is 17.1. The zero-order chi connectivity index (χ0) is 105. The van der Waals surface area contributed by atoms with E-state index < -0.39 is 93.5 Å². The summed E-state index contributed by atoms with van der Waals surface area (Å²) in [5.74, 6) is -7.12.